The van der Waals surface area contributed by atoms with Gasteiger partial charge in [0, 0.05) is 31.3 Å². The van der Waals surface area contributed by atoms with Crippen molar-refractivity contribution in [1.29, 1.82) is 0 Å². The highest BCUT2D eigenvalue weighted by molar-refractivity contribution is 5.98. The number of amides is 2. The maximum Gasteiger partial charge on any atom is 0.273 e. The number of morpholine rings is 1. The van der Waals surface area contributed by atoms with E-state index in [1.54, 1.807) is 41.3 Å². The van der Waals surface area contributed by atoms with Crippen LogP contribution in [-0.4, -0.2) is 64.9 Å². The van der Waals surface area contributed by atoms with Crippen LogP contribution in [0.2, 0.25) is 0 Å². The third-order valence-electron chi connectivity index (χ3n) is 6.73. The first-order valence-electron chi connectivity index (χ1n) is 11.8. The number of halogens is 1. The van der Waals surface area contributed by atoms with Crippen molar-refractivity contribution in [3.05, 3.63) is 99.4 Å². The molecule has 0 N–H and O–H groups in total. The lowest BCUT2D eigenvalue weighted by molar-refractivity contribution is -0.385. The lowest BCUT2D eigenvalue weighted by atomic mass is 10.0. The summed E-state index contributed by atoms with van der Waals surface area (Å²) in [6.45, 7) is 2.19. The molecule has 0 bridgehead atoms. The zero-order chi connectivity index (χ0) is 26.1. The van der Waals surface area contributed by atoms with E-state index in [4.69, 9.17) is 9.47 Å². The fraction of sp³-hybridized carbons (Fsp3) is 0.259. The molecule has 2 aliphatic rings. The van der Waals surface area contributed by atoms with Crippen LogP contribution < -0.4 is 4.74 Å². The summed E-state index contributed by atoms with van der Waals surface area (Å²) in [5, 5.41) is 11.3. The summed E-state index contributed by atoms with van der Waals surface area (Å²) < 4.78 is 26.5. The van der Waals surface area contributed by atoms with Gasteiger partial charge in [0.1, 0.15) is 17.3 Å². The minimum Gasteiger partial charge on any atom is -0.457 e. The summed E-state index contributed by atoms with van der Waals surface area (Å²) in [7, 11) is 0. The van der Waals surface area contributed by atoms with Crippen LogP contribution >= 0.6 is 0 Å². The minimum atomic E-state index is -0.830. The van der Waals surface area contributed by atoms with Gasteiger partial charge < -0.3 is 19.3 Å². The van der Waals surface area contributed by atoms with Gasteiger partial charge in [0.05, 0.1) is 34.8 Å². The van der Waals surface area contributed by atoms with Crippen LogP contribution in [0.15, 0.2) is 66.7 Å². The van der Waals surface area contributed by atoms with Gasteiger partial charge in [-0.25, -0.2) is 4.39 Å². The Morgan fingerprint density at radius 2 is 1.76 bits per heavy atom. The van der Waals surface area contributed by atoms with Crippen molar-refractivity contribution in [2.75, 3.05) is 26.2 Å². The van der Waals surface area contributed by atoms with E-state index >= 15 is 0 Å². The van der Waals surface area contributed by atoms with Gasteiger partial charge in [-0.3, -0.25) is 19.7 Å². The highest BCUT2D eigenvalue weighted by atomic mass is 19.1. The number of nitro benzene ring substituents is 1. The molecule has 0 unspecified atom stereocenters. The van der Waals surface area contributed by atoms with E-state index < -0.39 is 28.8 Å². The highest BCUT2D eigenvalue weighted by Gasteiger charge is 2.45. The lowest BCUT2D eigenvalue weighted by Crippen LogP contribution is -2.53. The Kier molecular flexibility index (Phi) is 6.58. The number of hydrogen-bond acceptors (Lipinski definition) is 6. The first kappa shape index (κ1) is 24.4. The number of nitro groups is 1. The maximum absolute atomic E-state index is 14.6. The van der Waals surface area contributed by atoms with Crippen LogP contribution in [-0.2, 0) is 4.74 Å². The number of hydrogen-bond donors (Lipinski definition) is 0. The molecule has 0 radical (unpaired) electrons. The molecule has 5 rings (SSSR count). The second-order valence-electron chi connectivity index (χ2n) is 8.92. The largest absolute Gasteiger partial charge is 0.457 e. The molecule has 2 saturated heterocycles. The molecule has 2 amide bonds. The zero-order valence-corrected chi connectivity index (χ0v) is 20.0. The van der Waals surface area contributed by atoms with Crippen molar-refractivity contribution >= 4 is 17.5 Å². The predicted molar refractivity (Wildman–Crippen MR) is 131 cm³/mol. The Balaban J connectivity index is 1.39. The second kappa shape index (κ2) is 9.98. The van der Waals surface area contributed by atoms with Crippen molar-refractivity contribution in [2.45, 2.75) is 19.1 Å². The normalized spacial score (nSPS) is 18.9. The molecule has 0 saturated carbocycles. The van der Waals surface area contributed by atoms with Crippen molar-refractivity contribution in [1.82, 2.24) is 9.80 Å². The number of ether oxygens (including phenoxy) is 2. The molecule has 2 aliphatic heterocycles. The van der Waals surface area contributed by atoms with Gasteiger partial charge in [-0.1, -0.05) is 30.3 Å². The number of para-hydroxylation sites is 2. The summed E-state index contributed by atoms with van der Waals surface area (Å²) in [4.78, 5) is 40.7. The summed E-state index contributed by atoms with van der Waals surface area (Å²) in [5.74, 6) is -0.769. The number of benzene rings is 3. The van der Waals surface area contributed by atoms with E-state index in [-0.39, 0.29) is 42.4 Å². The fourth-order valence-electron chi connectivity index (χ4n) is 4.89. The molecule has 3 aromatic carbocycles. The highest BCUT2D eigenvalue weighted by Crippen LogP contribution is 2.32. The monoisotopic (exact) mass is 505 g/mol. The van der Waals surface area contributed by atoms with Crippen LogP contribution in [0.5, 0.6) is 11.5 Å². The molecular weight excluding hydrogens is 481 g/mol. The Morgan fingerprint density at radius 3 is 2.51 bits per heavy atom. The average Bonchev–Trinajstić information content (AvgIpc) is 3.34. The molecule has 190 valence electrons. The molecule has 0 aliphatic carbocycles. The molecular formula is C27H24FN3O6. The number of rotatable bonds is 5. The Labute approximate surface area is 212 Å². The van der Waals surface area contributed by atoms with Gasteiger partial charge >= 0.3 is 0 Å². The number of likely N-dealkylation sites (tertiary alicyclic amines) is 1. The second-order valence-corrected chi connectivity index (χ2v) is 8.92. The van der Waals surface area contributed by atoms with Crippen LogP contribution in [0.1, 0.15) is 26.3 Å². The SMILES string of the molecule is Cc1c([N+](=O)[O-])ccc(F)c1C(=O)N1C[C@H]2OCCN(C(=O)c3ccccc3Oc3ccccc3)[C@H]2C1. The van der Waals surface area contributed by atoms with Crippen molar-refractivity contribution in [3.63, 3.8) is 0 Å². The van der Waals surface area contributed by atoms with E-state index in [2.05, 4.69) is 0 Å². The van der Waals surface area contributed by atoms with Gasteiger partial charge in [-0.2, -0.15) is 0 Å². The molecule has 2 heterocycles. The van der Waals surface area contributed by atoms with E-state index in [0.29, 0.717) is 23.6 Å². The quantitative estimate of drug-likeness (QED) is 0.381. The van der Waals surface area contributed by atoms with Gasteiger partial charge in [-0.15, -0.1) is 0 Å². The number of nitrogens with zero attached hydrogens (tertiary/aromatic N) is 3. The minimum absolute atomic E-state index is 0.0364. The molecule has 9 nitrogen and oxygen atoms in total. The van der Waals surface area contributed by atoms with Crippen molar-refractivity contribution < 1.29 is 28.4 Å². The van der Waals surface area contributed by atoms with Crippen LogP contribution in [0.3, 0.4) is 0 Å². The van der Waals surface area contributed by atoms with Gasteiger partial charge in [0.15, 0.2) is 0 Å². The van der Waals surface area contributed by atoms with Gasteiger partial charge in [-0.05, 0) is 37.3 Å². The van der Waals surface area contributed by atoms with Crippen molar-refractivity contribution in [2.24, 2.45) is 0 Å². The molecule has 10 heteroatoms. The molecule has 2 atom stereocenters. The Morgan fingerprint density at radius 1 is 1.03 bits per heavy atom. The Hall–Kier alpha value is -4.31. The first-order chi connectivity index (χ1) is 17.8. The summed E-state index contributed by atoms with van der Waals surface area (Å²) in [6, 6.07) is 17.6. The van der Waals surface area contributed by atoms with Crippen LogP contribution in [0.4, 0.5) is 10.1 Å². The molecule has 3 aromatic rings. The van der Waals surface area contributed by atoms with E-state index in [9.17, 15) is 24.1 Å². The first-order valence-corrected chi connectivity index (χ1v) is 11.8. The summed E-state index contributed by atoms with van der Waals surface area (Å²) >= 11 is 0. The van der Waals surface area contributed by atoms with Gasteiger partial charge in [0.2, 0.25) is 0 Å². The van der Waals surface area contributed by atoms with Crippen LogP contribution in [0, 0.1) is 22.9 Å². The standard InChI is InChI=1S/C27H24FN3O6/c1-17-21(31(34)35)12-11-20(28)25(17)27(33)29-15-22-24(16-29)36-14-13-30(22)26(32)19-9-5-6-10-23(19)37-18-7-3-2-4-8-18/h2-12,22,24H,13-16H2,1H3/t22-,24+/m0/s1. The third-order valence-corrected chi connectivity index (χ3v) is 6.73. The zero-order valence-electron chi connectivity index (χ0n) is 20.0. The van der Waals surface area contributed by atoms with Crippen LogP contribution in [0.25, 0.3) is 0 Å². The smallest absolute Gasteiger partial charge is 0.273 e. The molecule has 0 spiro atoms. The Bertz CT molecular complexity index is 1370. The molecule has 37 heavy (non-hydrogen) atoms. The van der Waals surface area contributed by atoms with E-state index in [1.807, 2.05) is 18.2 Å². The summed E-state index contributed by atoms with van der Waals surface area (Å²) in [5.41, 5.74) is -0.333. The molecule has 2 fully saturated rings. The summed E-state index contributed by atoms with van der Waals surface area (Å²) in [6.07, 6.45) is -0.467. The predicted octanol–water partition coefficient (Wildman–Crippen LogP) is 4.20. The molecule has 0 aromatic heterocycles. The van der Waals surface area contributed by atoms with E-state index in [1.165, 1.54) is 11.8 Å². The lowest BCUT2D eigenvalue weighted by Gasteiger charge is -2.37. The topological polar surface area (TPSA) is 102 Å². The average molecular weight is 506 g/mol. The van der Waals surface area contributed by atoms with Gasteiger partial charge in [0.25, 0.3) is 17.5 Å². The van der Waals surface area contributed by atoms with Crippen molar-refractivity contribution in [3.8, 4) is 11.5 Å². The maximum atomic E-state index is 14.6. The number of carbonyl (C=O) groups excluding carboxylic acids is 2. The fourth-order valence-corrected chi connectivity index (χ4v) is 4.89. The van der Waals surface area contributed by atoms with E-state index in [0.717, 1.165) is 12.1 Å². The number of fused-ring (bicyclic) bond motifs is 1. The third kappa shape index (κ3) is 4.63. The number of carbonyl (C=O) groups is 2.